The number of ether oxygens (including phenoxy) is 1. The average Bonchev–Trinajstić information content (AvgIpc) is 3.63. The van der Waals surface area contributed by atoms with E-state index in [1.165, 1.54) is 21.7 Å². The number of hydrogen-bond donors (Lipinski definition) is 1. The molecule has 7 nitrogen and oxygen atoms in total. The van der Waals surface area contributed by atoms with Crippen molar-refractivity contribution in [1.29, 1.82) is 0 Å². The molecule has 4 heterocycles. The number of aryl methyl sites for hydroxylation is 1. The zero-order valence-electron chi connectivity index (χ0n) is 19.7. The van der Waals surface area contributed by atoms with Crippen molar-refractivity contribution < 1.29 is 9.64 Å². The van der Waals surface area contributed by atoms with Gasteiger partial charge in [0.25, 0.3) is 0 Å². The number of thiazole rings is 1. The van der Waals surface area contributed by atoms with Gasteiger partial charge < -0.3 is 9.64 Å². The van der Waals surface area contributed by atoms with E-state index in [0.717, 1.165) is 60.9 Å². The highest BCUT2D eigenvalue weighted by atomic mass is 32.2. The Kier molecular flexibility index (Phi) is 7.44. The summed E-state index contributed by atoms with van der Waals surface area (Å²) in [5, 5.41) is 13.2. The zero-order chi connectivity index (χ0) is 23.3. The highest BCUT2D eigenvalue weighted by molar-refractivity contribution is 7.98. The molecule has 3 aromatic heterocycles. The lowest BCUT2D eigenvalue weighted by atomic mass is 10.1. The van der Waals surface area contributed by atoms with E-state index >= 15 is 0 Å². The predicted molar refractivity (Wildman–Crippen MR) is 135 cm³/mol. The highest BCUT2D eigenvalue weighted by Gasteiger charge is 2.23. The predicted octanol–water partition coefficient (Wildman–Crippen LogP) is 3.52. The molecule has 0 spiro atoms. The molecule has 9 heteroatoms. The summed E-state index contributed by atoms with van der Waals surface area (Å²) in [6.45, 7) is 5.52. The van der Waals surface area contributed by atoms with Crippen molar-refractivity contribution in [2.24, 2.45) is 0 Å². The Morgan fingerprint density at radius 2 is 2.09 bits per heavy atom. The minimum Gasteiger partial charge on any atom is -0.376 e. The molecular weight excluding hydrogens is 464 g/mol. The lowest BCUT2D eigenvalue weighted by molar-refractivity contribution is -0.908. The molecule has 0 saturated carbocycles. The highest BCUT2D eigenvalue weighted by Crippen LogP contribution is 2.25. The van der Waals surface area contributed by atoms with Crippen LogP contribution in [0.4, 0.5) is 0 Å². The molecule has 0 amide bonds. The molecule has 4 aromatic rings. The van der Waals surface area contributed by atoms with Crippen LogP contribution < -0.4 is 4.90 Å². The Bertz CT molecular complexity index is 1200. The van der Waals surface area contributed by atoms with Crippen molar-refractivity contribution in [2.45, 2.75) is 56.4 Å². The SMILES string of the molecule is Cc1ccccc1CSc1nnc(C[NH+](C)Cc2cccn2-c2nccs2)n1CC1CCCO1. The molecule has 2 unspecified atom stereocenters. The lowest BCUT2D eigenvalue weighted by Gasteiger charge is -2.18. The summed E-state index contributed by atoms with van der Waals surface area (Å²) in [6.07, 6.45) is 6.41. The third kappa shape index (κ3) is 5.43. The lowest BCUT2D eigenvalue weighted by Crippen LogP contribution is -3.06. The van der Waals surface area contributed by atoms with Gasteiger partial charge in [0, 0.05) is 30.1 Å². The molecule has 0 bridgehead atoms. The molecule has 34 heavy (non-hydrogen) atoms. The minimum atomic E-state index is 0.245. The van der Waals surface area contributed by atoms with Gasteiger partial charge in [-0.3, -0.25) is 9.13 Å². The summed E-state index contributed by atoms with van der Waals surface area (Å²) in [7, 11) is 2.21. The van der Waals surface area contributed by atoms with Gasteiger partial charge in [-0.25, -0.2) is 4.98 Å². The molecular formula is C25H31N6OS2+. The van der Waals surface area contributed by atoms with Crippen LogP contribution in [0.25, 0.3) is 5.13 Å². The van der Waals surface area contributed by atoms with Crippen LogP contribution in [0.1, 0.15) is 35.5 Å². The summed E-state index contributed by atoms with van der Waals surface area (Å²) < 4.78 is 10.4. The quantitative estimate of drug-likeness (QED) is 0.341. The second-order valence-electron chi connectivity index (χ2n) is 8.85. The standard InChI is InChI=1S/C25H30N6OS2/c1-19-7-3-4-8-20(19)18-34-25-28-27-23(31(25)16-22-10-6-13-32-22)17-29(2)15-21-9-5-12-30(21)24-26-11-14-33-24/h3-5,7-9,11-12,14,22H,6,10,13,15-18H2,1-2H3/p+1. The molecule has 1 saturated heterocycles. The van der Waals surface area contributed by atoms with E-state index in [-0.39, 0.29) is 6.10 Å². The first kappa shape index (κ1) is 23.3. The smallest absolute Gasteiger partial charge is 0.193 e. The normalized spacial score (nSPS) is 16.8. The number of rotatable bonds is 10. The van der Waals surface area contributed by atoms with Crippen LogP contribution in [0.3, 0.4) is 0 Å². The van der Waals surface area contributed by atoms with Crippen molar-refractivity contribution in [1.82, 2.24) is 24.3 Å². The first-order valence-corrected chi connectivity index (χ1v) is 13.6. The molecule has 1 aromatic carbocycles. The number of hydrogen-bond acceptors (Lipinski definition) is 6. The summed E-state index contributed by atoms with van der Waals surface area (Å²) in [6, 6.07) is 12.8. The van der Waals surface area contributed by atoms with Gasteiger partial charge in [0.2, 0.25) is 0 Å². The van der Waals surface area contributed by atoms with Crippen molar-refractivity contribution in [3.05, 3.63) is 76.8 Å². The van der Waals surface area contributed by atoms with Crippen LogP contribution in [0.5, 0.6) is 0 Å². The number of aromatic nitrogens is 5. The molecule has 178 valence electrons. The number of thioether (sulfide) groups is 1. The summed E-state index contributed by atoms with van der Waals surface area (Å²) in [5.41, 5.74) is 3.89. The van der Waals surface area contributed by atoms with Gasteiger partial charge in [0.15, 0.2) is 16.1 Å². The van der Waals surface area contributed by atoms with Crippen LogP contribution >= 0.6 is 23.1 Å². The van der Waals surface area contributed by atoms with E-state index in [2.05, 4.69) is 80.9 Å². The molecule has 1 fully saturated rings. The van der Waals surface area contributed by atoms with Crippen molar-refractivity contribution in [3.63, 3.8) is 0 Å². The maximum Gasteiger partial charge on any atom is 0.193 e. The number of quaternary nitrogens is 1. The van der Waals surface area contributed by atoms with E-state index in [1.807, 2.05) is 11.6 Å². The molecule has 0 radical (unpaired) electrons. The first-order chi connectivity index (χ1) is 16.7. The van der Waals surface area contributed by atoms with Gasteiger partial charge in [-0.05, 0) is 43.0 Å². The fraction of sp³-hybridized carbons (Fsp3) is 0.400. The van der Waals surface area contributed by atoms with Crippen molar-refractivity contribution in [2.75, 3.05) is 13.7 Å². The number of benzene rings is 1. The van der Waals surface area contributed by atoms with Gasteiger partial charge in [-0.2, -0.15) is 0 Å². The van der Waals surface area contributed by atoms with Gasteiger partial charge in [0.05, 0.1) is 25.4 Å². The van der Waals surface area contributed by atoms with Crippen LogP contribution in [0, 0.1) is 6.92 Å². The number of nitrogens with zero attached hydrogens (tertiary/aromatic N) is 5. The zero-order valence-corrected chi connectivity index (χ0v) is 21.3. The van der Waals surface area contributed by atoms with E-state index in [4.69, 9.17) is 4.74 Å². The van der Waals surface area contributed by atoms with Crippen molar-refractivity contribution >= 4 is 23.1 Å². The van der Waals surface area contributed by atoms with Gasteiger partial charge in [-0.1, -0.05) is 36.0 Å². The Hall–Kier alpha value is -2.46. The van der Waals surface area contributed by atoms with Crippen LogP contribution in [-0.2, 0) is 30.1 Å². The molecule has 1 aliphatic rings. The monoisotopic (exact) mass is 495 g/mol. The molecule has 0 aliphatic carbocycles. The van der Waals surface area contributed by atoms with E-state index in [0.29, 0.717) is 0 Å². The van der Waals surface area contributed by atoms with Gasteiger partial charge >= 0.3 is 0 Å². The fourth-order valence-electron chi connectivity index (χ4n) is 4.37. The van der Waals surface area contributed by atoms with Gasteiger partial charge in [0.1, 0.15) is 13.1 Å². The molecule has 1 N–H and O–H groups in total. The third-order valence-electron chi connectivity index (χ3n) is 6.22. The summed E-state index contributed by atoms with van der Waals surface area (Å²) in [5.74, 6) is 1.91. The van der Waals surface area contributed by atoms with Gasteiger partial charge in [-0.15, -0.1) is 21.5 Å². The van der Waals surface area contributed by atoms with E-state index in [9.17, 15) is 0 Å². The maximum absolute atomic E-state index is 5.96. The largest absolute Gasteiger partial charge is 0.376 e. The summed E-state index contributed by atoms with van der Waals surface area (Å²) >= 11 is 3.42. The topological polar surface area (TPSA) is 62.2 Å². The third-order valence-corrected chi connectivity index (χ3v) is 8.01. The molecule has 2 atom stereocenters. The maximum atomic E-state index is 5.96. The van der Waals surface area contributed by atoms with Crippen LogP contribution in [0.15, 0.2) is 59.3 Å². The molecule has 5 rings (SSSR count). The van der Waals surface area contributed by atoms with E-state index in [1.54, 1.807) is 23.1 Å². The first-order valence-electron chi connectivity index (χ1n) is 11.8. The Balaban J connectivity index is 1.31. The van der Waals surface area contributed by atoms with E-state index < -0.39 is 0 Å². The second kappa shape index (κ2) is 10.9. The van der Waals surface area contributed by atoms with Crippen molar-refractivity contribution in [3.8, 4) is 5.13 Å². The van der Waals surface area contributed by atoms with Crippen LogP contribution in [-0.4, -0.2) is 44.1 Å². The average molecular weight is 496 g/mol. The Labute approximate surface area is 208 Å². The summed E-state index contributed by atoms with van der Waals surface area (Å²) in [4.78, 5) is 5.82. The Morgan fingerprint density at radius 3 is 2.88 bits per heavy atom. The Morgan fingerprint density at radius 1 is 1.18 bits per heavy atom. The number of nitrogens with one attached hydrogen (secondary N) is 1. The molecule has 1 aliphatic heterocycles. The second-order valence-corrected chi connectivity index (χ2v) is 10.7. The minimum absolute atomic E-state index is 0.245. The van der Waals surface area contributed by atoms with Crippen LogP contribution in [0.2, 0.25) is 0 Å². The fourth-order valence-corrected chi connectivity index (χ4v) is 6.07.